The first-order valence-corrected chi connectivity index (χ1v) is 9.71. The van der Waals surface area contributed by atoms with Crippen LogP contribution in [0.2, 0.25) is 0 Å². The number of carbonyl (C=O) groups excluding carboxylic acids is 2. The average molecular weight is 406 g/mol. The summed E-state index contributed by atoms with van der Waals surface area (Å²) in [5, 5.41) is 2.12. The molecule has 0 bridgehead atoms. The quantitative estimate of drug-likeness (QED) is 0.615. The van der Waals surface area contributed by atoms with Gasteiger partial charge in [-0.05, 0) is 53.9 Å². The van der Waals surface area contributed by atoms with Crippen LogP contribution < -0.4 is 25.1 Å². The molecule has 3 aromatic rings. The first kappa shape index (κ1) is 19.6. The summed E-state index contributed by atoms with van der Waals surface area (Å²) in [6.07, 6.45) is -0.0262. The number of fused-ring (bicyclic) bond motifs is 2. The van der Waals surface area contributed by atoms with E-state index in [4.69, 9.17) is 14.2 Å². The molecular formula is C23H22N2O5. The van der Waals surface area contributed by atoms with Crippen molar-refractivity contribution in [2.24, 2.45) is 0 Å². The Kier molecular flexibility index (Phi) is 5.70. The van der Waals surface area contributed by atoms with E-state index in [1.54, 1.807) is 6.92 Å². The number of hydrogen-bond acceptors (Lipinski definition) is 5. The molecule has 1 atom stereocenters. The van der Waals surface area contributed by atoms with Gasteiger partial charge in [0.2, 0.25) is 12.7 Å². The van der Waals surface area contributed by atoms with Crippen LogP contribution in [0, 0.1) is 0 Å². The van der Waals surface area contributed by atoms with Crippen molar-refractivity contribution in [2.75, 3.05) is 6.79 Å². The Balaban J connectivity index is 1.23. The smallest absolute Gasteiger partial charge is 0.279 e. The van der Waals surface area contributed by atoms with E-state index < -0.39 is 12.0 Å². The Morgan fingerprint density at radius 3 is 2.63 bits per heavy atom. The maximum Gasteiger partial charge on any atom is 0.279 e. The second-order valence-corrected chi connectivity index (χ2v) is 6.99. The fourth-order valence-electron chi connectivity index (χ4n) is 3.15. The molecule has 0 fully saturated rings. The Bertz CT molecular complexity index is 1080. The number of benzene rings is 3. The molecule has 0 saturated carbocycles. The molecule has 1 aliphatic heterocycles. The average Bonchev–Trinajstić information content (AvgIpc) is 3.23. The third kappa shape index (κ3) is 4.63. The van der Waals surface area contributed by atoms with Gasteiger partial charge in [0.05, 0.1) is 0 Å². The van der Waals surface area contributed by atoms with Gasteiger partial charge in [0.25, 0.3) is 5.91 Å². The molecule has 2 amide bonds. The number of nitrogens with one attached hydrogen (secondary N) is 2. The molecule has 0 saturated heterocycles. The second-order valence-electron chi connectivity index (χ2n) is 6.99. The largest absolute Gasteiger partial charge is 0.481 e. The Hall–Kier alpha value is -3.74. The van der Waals surface area contributed by atoms with Crippen molar-refractivity contribution in [3.63, 3.8) is 0 Å². The van der Waals surface area contributed by atoms with Crippen LogP contribution in [-0.4, -0.2) is 24.7 Å². The van der Waals surface area contributed by atoms with Crippen LogP contribution in [0.25, 0.3) is 10.8 Å². The highest BCUT2D eigenvalue weighted by Crippen LogP contribution is 2.32. The first-order chi connectivity index (χ1) is 14.6. The lowest BCUT2D eigenvalue weighted by Crippen LogP contribution is -2.47. The Morgan fingerprint density at radius 2 is 1.77 bits per heavy atom. The van der Waals surface area contributed by atoms with E-state index in [2.05, 4.69) is 10.9 Å². The SMILES string of the molecule is CC(Oc1ccc2ccccc2c1)C(=O)NNC(=O)CCc1ccc2c(c1)OCO2. The molecule has 1 aliphatic rings. The van der Waals surface area contributed by atoms with Gasteiger partial charge in [0.1, 0.15) is 5.75 Å². The zero-order valence-corrected chi connectivity index (χ0v) is 16.5. The van der Waals surface area contributed by atoms with E-state index >= 15 is 0 Å². The predicted octanol–water partition coefficient (Wildman–Crippen LogP) is 3.12. The number of hydrogen-bond donors (Lipinski definition) is 2. The maximum atomic E-state index is 12.2. The van der Waals surface area contributed by atoms with E-state index in [-0.39, 0.29) is 19.1 Å². The van der Waals surface area contributed by atoms with Gasteiger partial charge in [0.15, 0.2) is 17.6 Å². The third-order valence-electron chi connectivity index (χ3n) is 4.81. The van der Waals surface area contributed by atoms with Gasteiger partial charge in [0, 0.05) is 6.42 Å². The summed E-state index contributed by atoms with van der Waals surface area (Å²) in [6, 6.07) is 19.1. The summed E-state index contributed by atoms with van der Waals surface area (Å²) in [5.41, 5.74) is 5.79. The van der Waals surface area contributed by atoms with Crippen molar-refractivity contribution in [3.05, 3.63) is 66.2 Å². The number of carbonyl (C=O) groups is 2. The van der Waals surface area contributed by atoms with Crippen molar-refractivity contribution in [2.45, 2.75) is 25.9 Å². The number of rotatable bonds is 6. The van der Waals surface area contributed by atoms with Gasteiger partial charge in [-0.2, -0.15) is 0 Å². The number of amides is 2. The highest BCUT2D eigenvalue weighted by molar-refractivity contribution is 5.86. The van der Waals surface area contributed by atoms with Crippen molar-refractivity contribution < 1.29 is 23.8 Å². The minimum absolute atomic E-state index is 0.213. The molecule has 0 aliphatic carbocycles. The van der Waals surface area contributed by atoms with E-state index in [9.17, 15) is 9.59 Å². The highest BCUT2D eigenvalue weighted by atomic mass is 16.7. The van der Waals surface area contributed by atoms with Gasteiger partial charge in [-0.3, -0.25) is 20.4 Å². The minimum atomic E-state index is -0.764. The van der Waals surface area contributed by atoms with Crippen LogP contribution in [0.1, 0.15) is 18.9 Å². The number of hydrazine groups is 1. The molecule has 154 valence electrons. The van der Waals surface area contributed by atoms with E-state index in [1.807, 2.05) is 60.7 Å². The standard InChI is InChI=1S/C23H22N2O5/c1-15(30-19-9-8-17-4-2-3-5-18(17)13-19)23(27)25-24-22(26)11-7-16-6-10-20-21(12-16)29-14-28-20/h2-6,8-10,12-13,15H,7,11,14H2,1H3,(H,24,26)(H,25,27). The van der Waals surface area contributed by atoms with Crippen LogP contribution in [0.4, 0.5) is 0 Å². The first-order valence-electron chi connectivity index (χ1n) is 9.71. The number of aryl methyl sites for hydroxylation is 1. The molecule has 0 radical (unpaired) electrons. The molecule has 1 unspecified atom stereocenters. The normalized spacial score (nSPS) is 13.0. The fourth-order valence-corrected chi connectivity index (χ4v) is 3.15. The van der Waals surface area contributed by atoms with Crippen molar-refractivity contribution in [3.8, 4) is 17.2 Å². The molecule has 0 aromatic heterocycles. The lowest BCUT2D eigenvalue weighted by molar-refractivity contribution is -0.132. The van der Waals surface area contributed by atoms with Crippen LogP contribution in [0.15, 0.2) is 60.7 Å². The Labute approximate surface area is 173 Å². The molecule has 3 aromatic carbocycles. The summed E-state index contributed by atoms with van der Waals surface area (Å²) in [4.78, 5) is 24.3. The summed E-state index contributed by atoms with van der Waals surface area (Å²) in [6.45, 7) is 1.84. The van der Waals surface area contributed by atoms with Crippen molar-refractivity contribution in [1.29, 1.82) is 0 Å². The van der Waals surface area contributed by atoms with Crippen molar-refractivity contribution in [1.82, 2.24) is 10.9 Å². The summed E-state index contributed by atoms with van der Waals surface area (Å²) in [7, 11) is 0. The van der Waals surface area contributed by atoms with E-state index in [1.165, 1.54) is 0 Å². The topological polar surface area (TPSA) is 85.9 Å². The van der Waals surface area contributed by atoms with Gasteiger partial charge in [-0.15, -0.1) is 0 Å². The summed E-state index contributed by atoms with van der Waals surface area (Å²) in [5.74, 6) is 1.25. The maximum absolute atomic E-state index is 12.2. The lowest BCUT2D eigenvalue weighted by Gasteiger charge is -2.15. The van der Waals surface area contributed by atoms with Crippen LogP contribution in [-0.2, 0) is 16.0 Å². The fraction of sp³-hybridized carbons (Fsp3) is 0.217. The van der Waals surface area contributed by atoms with Crippen LogP contribution in [0.5, 0.6) is 17.2 Å². The lowest BCUT2D eigenvalue weighted by atomic mass is 10.1. The van der Waals surface area contributed by atoms with Crippen LogP contribution >= 0.6 is 0 Å². The molecule has 1 heterocycles. The summed E-state index contributed by atoms with van der Waals surface area (Å²) < 4.78 is 16.3. The van der Waals surface area contributed by atoms with Gasteiger partial charge in [-0.25, -0.2) is 0 Å². The molecular weight excluding hydrogens is 384 g/mol. The Morgan fingerprint density at radius 1 is 0.967 bits per heavy atom. The zero-order valence-electron chi connectivity index (χ0n) is 16.5. The molecule has 7 nitrogen and oxygen atoms in total. The number of ether oxygens (including phenoxy) is 3. The van der Waals surface area contributed by atoms with E-state index in [0.29, 0.717) is 23.7 Å². The summed E-state index contributed by atoms with van der Waals surface area (Å²) >= 11 is 0. The second kappa shape index (κ2) is 8.73. The van der Waals surface area contributed by atoms with Gasteiger partial charge in [-0.1, -0.05) is 36.4 Å². The predicted molar refractivity (Wildman–Crippen MR) is 111 cm³/mol. The van der Waals surface area contributed by atoms with Gasteiger partial charge >= 0.3 is 0 Å². The monoisotopic (exact) mass is 406 g/mol. The molecule has 0 spiro atoms. The molecule has 30 heavy (non-hydrogen) atoms. The third-order valence-corrected chi connectivity index (χ3v) is 4.81. The molecule has 7 heteroatoms. The minimum Gasteiger partial charge on any atom is -0.481 e. The molecule has 2 N–H and O–H groups in total. The molecule has 4 rings (SSSR count). The zero-order chi connectivity index (χ0) is 20.9. The van der Waals surface area contributed by atoms with Gasteiger partial charge < -0.3 is 14.2 Å². The van der Waals surface area contributed by atoms with Crippen molar-refractivity contribution >= 4 is 22.6 Å². The van der Waals surface area contributed by atoms with E-state index in [0.717, 1.165) is 16.3 Å². The van der Waals surface area contributed by atoms with Crippen LogP contribution in [0.3, 0.4) is 0 Å². The highest BCUT2D eigenvalue weighted by Gasteiger charge is 2.16.